The molecule has 0 saturated carbocycles. The van der Waals surface area contributed by atoms with Crippen molar-refractivity contribution in [1.82, 2.24) is 0 Å². The van der Waals surface area contributed by atoms with Crippen molar-refractivity contribution in [3.63, 3.8) is 0 Å². The van der Waals surface area contributed by atoms with Gasteiger partial charge in [-0.3, -0.25) is 0 Å². The van der Waals surface area contributed by atoms with E-state index >= 15 is 0 Å². The number of carbonyl (C=O) groups excluding carboxylic acids is 1. The molecule has 0 aromatic carbocycles. The summed E-state index contributed by atoms with van der Waals surface area (Å²) in [6, 6.07) is 0. The van der Waals surface area contributed by atoms with Crippen LogP contribution in [-0.2, 0) is 24.4 Å². The van der Waals surface area contributed by atoms with E-state index in [0.29, 0.717) is 0 Å². The van der Waals surface area contributed by atoms with Crippen LogP contribution in [0.5, 0.6) is 0 Å². The molecule has 7 heavy (non-hydrogen) atoms. The Bertz CT molecular complexity index is 74.1. The summed E-state index contributed by atoms with van der Waals surface area (Å²) in [7, 11) is 4.88. The Balaban J connectivity index is 3.13. The Morgan fingerprint density at radius 3 is 2.14 bits per heavy atom. The second-order valence-electron chi connectivity index (χ2n) is 0.811. The van der Waals surface area contributed by atoms with Crippen LogP contribution in [0.25, 0.3) is 0 Å². The molecule has 2 nitrogen and oxygen atoms in total. The molecule has 0 radical (unpaired) electrons. The van der Waals surface area contributed by atoms with Gasteiger partial charge in [-0.1, -0.05) is 0 Å². The standard InChI is InChI=1S/C2H4O2.2H2P.Pd/c1-2(3)4;;;/h1H3,(H,3,4);2*1H2;/q;2*-1;+3/p-1. The summed E-state index contributed by atoms with van der Waals surface area (Å²) >= 11 is -1.07. The van der Waals surface area contributed by atoms with E-state index in [2.05, 4.69) is 18.3 Å². The Labute approximate surface area is 52.5 Å². The summed E-state index contributed by atoms with van der Waals surface area (Å²) in [5, 5.41) is 0. The third kappa shape index (κ3) is 6.99. The van der Waals surface area contributed by atoms with Gasteiger partial charge < -0.3 is 0 Å². The van der Waals surface area contributed by atoms with Crippen LogP contribution in [0.4, 0.5) is 0 Å². The van der Waals surface area contributed by atoms with E-state index in [0.717, 1.165) is 0 Å². The maximum atomic E-state index is 10.0. The third-order valence-electron chi connectivity index (χ3n) is 0.165. The molecule has 0 aliphatic rings. The zero-order valence-corrected chi connectivity index (χ0v) is 7.65. The molecule has 47 valence electrons. The van der Waals surface area contributed by atoms with Crippen LogP contribution < -0.4 is 0 Å². The van der Waals surface area contributed by atoms with Gasteiger partial charge in [0.15, 0.2) is 0 Å². The molecule has 0 bridgehead atoms. The first-order valence-electron chi connectivity index (χ1n) is 1.40. The fourth-order valence-electron chi connectivity index (χ4n) is 0.105. The molecule has 0 aliphatic heterocycles. The average Bonchev–Trinajstić information content (AvgIpc) is 1.27. The molecule has 0 heterocycles. The predicted octanol–water partition coefficient (Wildman–Crippen LogP) is 0.663. The van der Waals surface area contributed by atoms with E-state index in [-0.39, 0.29) is 5.97 Å². The van der Waals surface area contributed by atoms with Gasteiger partial charge in [-0.2, -0.15) is 0 Å². The second kappa shape index (κ2) is 3.93. The minimum atomic E-state index is -1.07. The first-order valence-corrected chi connectivity index (χ1v) is 8.15. The van der Waals surface area contributed by atoms with Crippen molar-refractivity contribution in [3.05, 3.63) is 0 Å². The van der Waals surface area contributed by atoms with Crippen molar-refractivity contribution >= 4 is 20.8 Å². The molecule has 0 rings (SSSR count). The molecular weight excluding hydrogens is 224 g/mol. The molecule has 0 aliphatic carbocycles. The Hall–Kier alpha value is 0.992. The molecule has 2 atom stereocenters. The Morgan fingerprint density at radius 1 is 1.71 bits per heavy atom. The number of rotatable bonds is 1. The SMILES string of the molecule is CC(=O)[O][Pd]([PH2])[PH2]. The molecule has 0 saturated heterocycles. The van der Waals surface area contributed by atoms with E-state index in [4.69, 9.17) is 0 Å². The van der Waals surface area contributed by atoms with E-state index in [1.807, 2.05) is 0 Å². The van der Waals surface area contributed by atoms with Gasteiger partial charge in [0.2, 0.25) is 0 Å². The van der Waals surface area contributed by atoms with Crippen molar-refractivity contribution < 1.29 is 24.4 Å². The monoisotopic (exact) mass is 231 g/mol. The van der Waals surface area contributed by atoms with E-state index in [1.165, 1.54) is 6.92 Å². The molecule has 0 amide bonds. The maximum absolute atomic E-state index is 10.0. The fraction of sp³-hybridized carbons (Fsp3) is 0.500. The molecule has 5 heteroatoms. The van der Waals surface area contributed by atoms with Crippen molar-refractivity contribution in [2.75, 3.05) is 0 Å². The van der Waals surface area contributed by atoms with Gasteiger partial charge in [-0.05, 0) is 0 Å². The van der Waals surface area contributed by atoms with Gasteiger partial charge in [-0.25, -0.2) is 0 Å². The van der Waals surface area contributed by atoms with Gasteiger partial charge in [0, 0.05) is 0 Å². The first kappa shape index (κ1) is 7.99. The third-order valence-corrected chi connectivity index (χ3v) is 1.86. The Kier molecular flexibility index (Phi) is 4.49. The number of hydrogen-bond acceptors (Lipinski definition) is 2. The van der Waals surface area contributed by atoms with Gasteiger partial charge in [-0.15, -0.1) is 0 Å². The molecule has 0 N–H and O–H groups in total. The van der Waals surface area contributed by atoms with Crippen molar-refractivity contribution in [2.24, 2.45) is 0 Å². The summed E-state index contributed by atoms with van der Waals surface area (Å²) in [6.45, 7) is 1.41. The summed E-state index contributed by atoms with van der Waals surface area (Å²) in [6.07, 6.45) is 0. The van der Waals surface area contributed by atoms with Crippen LogP contribution in [-0.4, -0.2) is 5.97 Å². The topological polar surface area (TPSA) is 26.3 Å². The quantitative estimate of drug-likeness (QED) is 0.490. The molecular formula is C2H7O2P2Pd. The zero-order chi connectivity index (χ0) is 5.86. The van der Waals surface area contributed by atoms with Gasteiger partial charge in [0.05, 0.1) is 0 Å². The van der Waals surface area contributed by atoms with Gasteiger partial charge in [0.1, 0.15) is 0 Å². The van der Waals surface area contributed by atoms with Crippen LogP contribution in [0.15, 0.2) is 0 Å². The Morgan fingerprint density at radius 2 is 2.14 bits per heavy atom. The first-order chi connectivity index (χ1) is 3.13. The summed E-state index contributed by atoms with van der Waals surface area (Å²) in [4.78, 5) is 10.0. The minimum absolute atomic E-state index is 0.203. The zero-order valence-electron chi connectivity index (χ0n) is 3.79. The van der Waals surface area contributed by atoms with Crippen molar-refractivity contribution in [1.29, 1.82) is 0 Å². The van der Waals surface area contributed by atoms with Crippen LogP contribution in [0.3, 0.4) is 0 Å². The van der Waals surface area contributed by atoms with Gasteiger partial charge in [0.25, 0.3) is 0 Å². The second-order valence-corrected chi connectivity index (χ2v) is 9.13. The summed E-state index contributed by atoms with van der Waals surface area (Å²) < 4.78 is 4.65. The van der Waals surface area contributed by atoms with Crippen molar-refractivity contribution in [2.45, 2.75) is 6.92 Å². The van der Waals surface area contributed by atoms with Crippen molar-refractivity contribution in [3.8, 4) is 0 Å². The van der Waals surface area contributed by atoms with E-state index in [1.54, 1.807) is 0 Å². The summed E-state index contributed by atoms with van der Waals surface area (Å²) in [5.41, 5.74) is 0. The van der Waals surface area contributed by atoms with Crippen LogP contribution in [0, 0.1) is 0 Å². The molecule has 2 unspecified atom stereocenters. The van der Waals surface area contributed by atoms with Crippen LogP contribution in [0.2, 0.25) is 0 Å². The van der Waals surface area contributed by atoms with Crippen LogP contribution >= 0.6 is 14.9 Å². The molecule has 0 fully saturated rings. The van der Waals surface area contributed by atoms with Gasteiger partial charge >= 0.3 is 52.1 Å². The number of hydrogen-bond donors (Lipinski definition) is 0. The number of carbonyl (C=O) groups is 1. The van der Waals surface area contributed by atoms with E-state index in [9.17, 15) is 4.79 Å². The average molecular weight is 231 g/mol. The predicted molar refractivity (Wildman–Crippen MR) is 31.2 cm³/mol. The van der Waals surface area contributed by atoms with E-state index < -0.39 is 16.1 Å². The molecule has 0 aromatic rings. The fourth-order valence-corrected chi connectivity index (χ4v) is 1.86. The molecule has 0 aromatic heterocycles. The molecule has 0 spiro atoms. The summed E-state index contributed by atoms with van der Waals surface area (Å²) in [5.74, 6) is -0.203. The van der Waals surface area contributed by atoms with Crippen LogP contribution in [0.1, 0.15) is 6.92 Å². The normalized spacial score (nSPS) is 10.4.